The van der Waals surface area contributed by atoms with Gasteiger partial charge in [-0.05, 0) is 31.4 Å². The summed E-state index contributed by atoms with van der Waals surface area (Å²) in [5.41, 5.74) is 0.324. The number of nitro benzene ring substituents is 1. The maximum Gasteiger partial charge on any atom is 0.333 e. The molecule has 2 N–H and O–H groups in total. The molecule has 2 rings (SSSR count). The second-order valence-electron chi connectivity index (χ2n) is 4.99. The Labute approximate surface area is 122 Å². The Hall–Kier alpha value is -2.31. The number of methoxy groups -OCH3 is 1. The highest BCUT2D eigenvalue weighted by molar-refractivity contribution is 5.76. The number of ether oxygens (including phenoxy) is 1. The van der Waals surface area contributed by atoms with E-state index in [4.69, 9.17) is 4.74 Å². The number of anilines is 1. The number of para-hydroxylation sites is 1. The summed E-state index contributed by atoms with van der Waals surface area (Å²) in [6.45, 7) is 0.492. The molecule has 7 heteroatoms. The highest BCUT2D eigenvalue weighted by Crippen LogP contribution is 2.34. The number of hydrogen-bond donors (Lipinski definition) is 2. The minimum absolute atomic E-state index is 0.0411. The molecule has 1 aliphatic carbocycles. The van der Waals surface area contributed by atoms with Gasteiger partial charge in [0.1, 0.15) is 5.69 Å². The molecule has 0 aliphatic heterocycles. The summed E-state index contributed by atoms with van der Waals surface area (Å²) in [6.07, 6.45) is 3.17. The highest BCUT2D eigenvalue weighted by Gasteiger charge is 2.23. The molecule has 1 saturated carbocycles. The minimum atomic E-state index is -0.471. The zero-order valence-corrected chi connectivity index (χ0v) is 11.9. The molecule has 21 heavy (non-hydrogen) atoms. The van der Waals surface area contributed by atoms with Crippen molar-refractivity contribution < 1.29 is 14.5 Å². The van der Waals surface area contributed by atoms with Crippen LogP contribution in [0.15, 0.2) is 18.2 Å². The number of nitrogens with one attached hydrogen (secondary N) is 2. The summed E-state index contributed by atoms with van der Waals surface area (Å²) >= 11 is 0. The zero-order valence-electron chi connectivity index (χ0n) is 11.9. The molecule has 0 heterocycles. The lowest BCUT2D eigenvalue weighted by Gasteiger charge is -2.09. The summed E-state index contributed by atoms with van der Waals surface area (Å²) in [5.74, 6) is 0.260. The molecule has 7 nitrogen and oxygen atoms in total. The predicted octanol–water partition coefficient (Wildman–Crippen LogP) is 2.07. The van der Waals surface area contributed by atoms with Crippen molar-refractivity contribution in [2.24, 2.45) is 0 Å². The quantitative estimate of drug-likeness (QED) is 0.435. The van der Waals surface area contributed by atoms with E-state index in [2.05, 4.69) is 10.6 Å². The number of benzene rings is 1. The van der Waals surface area contributed by atoms with E-state index in [1.54, 1.807) is 18.2 Å². The fourth-order valence-electron chi connectivity index (χ4n) is 2.02. The average Bonchev–Trinajstić information content (AvgIpc) is 3.26. The molecule has 1 aromatic rings. The molecule has 1 aliphatic rings. The van der Waals surface area contributed by atoms with E-state index in [9.17, 15) is 14.9 Å². The van der Waals surface area contributed by atoms with Crippen molar-refractivity contribution in [3.05, 3.63) is 28.3 Å². The van der Waals surface area contributed by atoms with Gasteiger partial charge >= 0.3 is 5.69 Å². The van der Waals surface area contributed by atoms with Gasteiger partial charge in [0.25, 0.3) is 0 Å². The number of carbonyl (C=O) groups is 1. The van der Waals surface area contributed by atoms with Crippen LogP contribution in [0.1, 0.15) is 25.7 Å². The fraction of sp³-hybridized carbons (Fsp3) is 0.500. The van der Waals surface area contributed by atoms with Crippen molar-refractivity contribution in [2.45, 2.75) is 31.7 Å². The third kappa shape index (κ3) is 4.34. The van der Waals surface area contributed by atoms with Crippen LogP contribution in [-0.2, 0) is 4.79 Å². The standard InChI is InChI=1S/C14H19N3O4/c1-21-12-5-2-4-11(14(12)17(19)20)15-9-3-6-13(18)16-10-7-8-10/h2,4-5,10,15H,3,6-9H2,1H3,(H,16,18). The minimum Gasteiger partial charge on any atom is -0.490 e. The topological polar surface area (TPSA) is 93.5 Å². The molecule has 0 spiro atoms. The molecule has 114 valence electrons. The first kappa shape index (κ1) is 15.1. The van der Waals surface area contributed by atoms with Crippen LogP contribution in [0, 0.1) is 10.1 Å². The van der Waals surface area contributed by atoms with Crippen LogP contribution in [-0.4, -0.2) is 30.5 Å². The Bertz CT molecular complexity index is 529. The van der Waals surface area contributed by atoms with E-state index in [1.165, 1.54) is 7.11 Å². The van der Waals surface area contributed by atoms with Gasteiger partial charge in [-0.2, -0.15) is 0 Å². The maximum absolute atomic E-state index is 11.5. The van der Waals surface area contributed by atoms with Gasteiger partial charge in [-0.1, -0.05) is 6.07 Å². The van der Waals surface area contributed by atoms with Gasteiger partial charge in [-0.3, -0.25) is 14.9 Å². The first-order valence-electron chi connectivity index (χ1n) is 6.96. The van der Waals surface area contributed by atoms with Crippen LogP contribution in [0.5, 0.6) is 5.75 Å². The Morgan fingerprint density at radius 2 is 2.24 bits per heavy atom. The third-order valence-electron chi connectivity index (χ3n) is 3.24. The third-order valence-corrected chi connectivity index (χ3v) is 3.24. The van der Waals surface area contributed by atoms with Crippen LogP contribution in [0.25, 0.3) is 0 Å². The van der Waals surface area contributed by atoms with E-state index >= 15 is 0 Å². The molecule has 1 aromatic carbocycles. The van der Waals surface area contributed by atoms with E-state index < -0.39 is 4.92 Å². The molecule has 0 bridgehead atoms. The number of amides is 1. The molecule has 0 saturated heterocycles. The molecule has 0 radical (unpaired) electrons. The normalized spacial score (nSPS) is 13.6. The van der Waals surface area contributed by atoms with Crippen molar-refractivity contribution in [3.8, 4) is 5.75 Å². The van der Waals surface area contributed by atoms with E-state index in [0.29, 0.717) is 31.1 Å². The first-order chi connectivity index (χ1) is 10.1. The highest BCUT2D eigenvalue weighted by atomic mass is 16.6. The lowest BCUT2D eigenvalue weighted by atomic mass is 10.2. The van der Waals surface area contributed by atoms with Gasteiger partial charge in [-0.15, -0.1) is 0 Å². The monoisotopic (exact) mass is 293 g/mol. The average molecular weight is 293 g/mol. The fourth-order valence-corrected chi connectivity index (χ4v) is 2.02. The van der Waals surface area contributed by atoms with Crippen molar-refractivity contribution in [2.75, 3.05) is 19.0 Å². The van der Waals surface area contributed by atoms with Crippen LogP contribution in [0.2, 0.25) is 0 Å². The summed E-state index contributed by atoms with van der Waals surface area (Å²) in [6, 6.07) is 5.23. The Morgan fingerprint density at radius 3 is 2.86 bits per heavy atom. The summed E-state index contributed by atoms with van der Waals surface area (Å²) in [4.78, 5) is 22.1. The molecular weight excluding hydrogens is 274 g/mol. The van der Waals surface area contributed by atoms with Gasteiger partial charge in [0.2, 0.25) is 5.91 Å². The SMILES string of the molecule is COc1cccc(NCCCC(=O)NC2CC2)c1[N+](=O)[O-]. The van der Waals surface area contributed by atoms with Gasteiger partial charge in [0, 0.05) is 19.0 Å². The second kappa shape index (κ2) is 6.92. The maximum atomic E-state index is 11.5. The van der Waals surface area contributed by atoms with E-state index in [0.717, 1.165) is 12.8 Å². The summed E-state index contributed by atoms with van der Waals surface area (Å²) in [5, 5.41) is 17.0. The predicted molar refractivity (Wildman–Crippen MR) is 78.5 cm³/mol. The van der Waals surface area contributed by atoms with Crippen LogP contribution in [0.3, 0.4) is 0 Å². The number of hydrogen-bond acceptors (Lipinski definition) is 5. The van der Waals surface area contributed by atoms with Gasteiger partial charge < -0.3 is 15.4 Å². The van der Waals surface area contributed by atoms with Gasteiger partial charge in [-0.25, -0.2) is 0 Å². The molecule has 1 amide bonds. The smallest absolute Gasteiger partial charge is 0.333 e. The summed E-state index contributed by atoms with van der Waals surface area (Å²) in [7, 11) is 1.40. The van der Waals surface area contributed by atoms with Gasteiger partial charge in [0.15, 0.2) is 5.75 Å². The molecular formula is C14H19N3O4. The Kier molecular flexibility index (Phi) is 4.97. The molecule has 0 unspecified atom stereocenters. The van der Waals surface area contributed by atoms with Crippen molar-refractivity contribution in [3.63, 3.8) is 0 Å². The van der Waals surface area contributed by atoms with Crippen molar-refractivity contribution in [1.82, 2.24) is 5.32 Å². The molecule has 1 fully saturated rings. The van der Waals surface area contributed by atoms with Crippen LogP contribution in [0.4, 0.5) is 11.4 Å². The largest absolute Gasteiger partial charge is 0.490 e. The summed E-state index contributed by atoms with van der Waals surface area (Å²) < 4.78 is 5.00. The van der Waals surface area contributed by atoms with Crippen LogP contribution < -0.4 is 15.4 Å². The second-order valence-corrected chi connectivity index (χ2v) is 4.99. The Balaban J connectivity index is 1.84. The number of nitro groups is 1. The zero-order chi connectivity index (χ0) is 15.2. The van der Waals surface area contributed by atoms with Crippen LogP contribution >= 0.6 is 0 Å². The van der Waals surface area contributed by atoms with E-state index in [1.807, 2.05) is 0 Å². The Morgan fingerprint density at radius 1 is 1.48 bits per heavy atom. The number of rotatable bonds is 8. The number of nitrogens with zero attached hydrogens (tertiary/aromatic N) is 1. The molecule has 0 atom stereocenters. The lowest BCUT2D eigenvalue weighted by Crippen LogP contribution is -2.25. The first-order valence-corrected chi connectivity index (χ1v) is 6.96. The van der Waals surface area contributed by atoms with Gasteiger partial charge in [0.05, 0.1) is 12.0 Å². The van der Waals surface area contributed by atoms with Crippen molar-refractivity contribution in [1.29, 1.82) is 0 Å². The molecule has 0 aromatic heterocycles. The number of carbonyl (C=O) groups excluding carboxylic acids is 1. The van der Waals surface area contributed by atoms with E-state index in [-0.39, 0.29) is 17.3 Å². The van der Waals surface area contributed by atoms with Crippen molar-refractivity contribution >= 4 is 17.3 Å². The lowest BCUT2D eigenvalue weighted by molar-refractivity contribution is -0.384.